The summed E-state index contributed by atoms with van der Waals surface area (Å²) in [5.41, 5.74) is 8.66. The van der Waals surface area contributed by atoms with Crippen LogP contribution in [0.25, 0.3) is 16.7 Å². The molecule has 0 saturated heterocycles. The lowest BCUT2D eigenvalue weighted by molar-refractivity contribution is -0.137. The van der Waals surface area contributed by atoms with E-state index in [1.807, 2.05) is 19.9 Å². The maximum Gasteiger partial charge on any atom is 0.416 e. The molecule has 1 aliphatic rings. The van der Waals surface area contributed by atoms with Gasteiger partial charge in [0, 0.05) is 19.3 Å². The molecular weight excluding hydrogens is 469 g/mol. The van der Waals surface area contributed by atoms with Crippen molar-refractivity contribution < 1.29 is 22.7 Å². The normalized spacial score (nSPS) is 13.3. The van der Waals surface area contributed by atoms with Crippen LogP contribution in [0.5, 0.6) is 0 Å². The third kappa shape index (κ3) is 6.77. The molecule has 1 aromatic heterocycles. The predicted octanol–water partition coefficient (Wildman–Crippen LogP) is 5.38. The molecule has 0 fully saturated rings. The first-order valence-corrected chi connectivity index (χ1v) is 11.7. The number of benzene rings is 2. The Labute approximate surface area is 208 Å². The zero-order chi connectivity index (χ0) is 26.1. The molecule has 2 heterocycles. The number of hydrogen-bond donors (Lipinski definition) is 2. The van der Waals surface area contributed by atoms with Crippen molar-refractivity contribution in [3.63, 3.8) is 0 Å². The summed E-state index contributed by atoms with van der Waals surface area (Å²) in [5.74, 6) is 0.167. The number of carbonyl (C=O) groups excluding carboxylic acids is 1. The molecule has 0 radical (unpaired) electrons. The fraction of sp³-hybridized carbons (Fsp3) is 0.296. The van der Waals surface area contributed by atoms with Crippen molar-refractivity contribution in [2.45, 2.75) is 39.5 Å². The second kappa shape index (κ2) is 12.4. The van der Waals surface area contributed by atoms with Gasteiger partial charge in [-0.1, -0.05) is 50.3 Å². The van der Waals surface area contributed by atoms with Gasteiger partial charge in [0.05, 0.1) is 18.8 Å². The molecule has 9 heteroatoms. The molecule has 1 aliphatic heterocycles. The number of nitrogens with one attached hydrogen (secondary N) is 1. The summed E-state index contributed by atoms with van der Waals surface area (Å²) >= 11 is 0. The Hall–Kier alpha value is -3.56. The van der Waals surface area contributed by atoms with E-state index in [1.165, 1.54) is 6.07 Å². The van der Waals surface area contributed by atoms with E-state index in [0.717, 1.165) is 23.3 Å². The van der Waals surface area contributed by atoms with Gasteiger partial charge in [-0.3, -0.25) is 4.79 Å². The van der Waals surface area contributed by atoms with Gasteiger partial charge in [0.25, 0.3) is 5.91 Å². The molecule has 0 unspecified atom stereocenters. The second-order valence-corrected chi connectivity index (χ2v) is 7.77. The maximum atomic E-state index is 13.1. The highest BCUT2D eigenvalue weighted by atomic mass is 19.4. The van der Waals surface area contributed by atoms with Crippen LogP contribution >= 0.6 is 0 Å². The maximum absolute atomic E-state index is 13.1. The van der Waals surface area contributed by atoms with E-state index < -0.39 is 11.7 Å². The van der Waals surface area contributed by atoms with Crippen LogP contribution in [0.1, 0.15) is 53.3 Å². The summed E-state index contributed by atoms with van der Waals surface area (Å²) in [7, 11) is 0. The third-order valence-corrected chi connectivity index (χ3v) is 5.51. The molecule has 0 bridgehead atoms. The van der Waals surface area contributed by atoms with Gasteiger partial charge in [-0.05, 0) is 52.4 Å². The summed E-state index contributed by atoms with van der Waals surface area (Å²) in [4.78, 5) is 21.2. The van der Waals surface area contributed by atoms with Crippen LogP contribution in [0.4, 0.5) is 13.2 Å². The Morgan fingerprint density at radius 3 is 2.50 bits per heavy atom. The van der Waals surface area contributed by atoms with Crippen molar-refractivity contribution in [2.75, 3.05) is 13.2 Å². The molecule has 190 valence electrons. The van der Waals surface area contributed by atoms with Crippen molar-refractivity contribution in [1.82, 2.24) is 15.3 Å². The SMILES string of the molecule is CC.NCc1ccc(C(F)(F)F)cc1-c1ccc(CNC(=O)c2ccnc(C3=CCOCC3)n2)cc1. The van der Waals surface area contributed by atoms with Crippen LogP contribution in [0.2, 0.25) is 0 Å². The molecule has 0 atom stereocenters. The zero-order valence-electron chi connectivity index (χ0n) is 20.2. The molecule has 3 aromatic rings. The van der Waals surface area contributed by atoms with Gasteiger partial charge in [-0.2, -0.15) is 13.2 Å². The highest BCUT2D eigenvalue weighted by molar-refractivity contribution is 5.92. The molecule has 6 nitrogen and oxygen atoms in total. The number of alkyl halides is 3. The quantitative estimate of drug-likeness (QED) is 0.476. The van der Waals surface area contributed by atoms with E-state index in [-0.39, 0.29) is 24.7 Å². The van der Waals surface area contributed by atoms with Crippen LogP contribution in [0.3, 0.4) is 0 Å². The third-order valence-electron chi connectivity index (χ3n) is 5.51. The highest BCUT2D eigenvalue weighted by Crippen LogP contribution is 2.34. The molecule has 0 aliphatic carbocycles. The number of ether oxygens (including phenoxy) is 1. The fourth-order valence-electron chi connectivity index (χ4n) is 3.64. The van der Waals surface area contributed by atoms with Gasteiger partial charge in [-0.15, -0.1) is 0 Å². The van der Waals surface area contributed by atoms with Crippen molar-refractivity contribution in [1.29, 1.82) is 0 Å². The average molecular weight is 499 g/mol. The minimum Gasteiger partial charge on any atom is -0.377 e. The highest BCUT2D eigenvalue weighted by Gasteiger charge is 2.31. The smallest absolute Gasteiger partial charge is 0.377 e. The van der Waals surface area contributed by atoms with Gasteiger partial charge in [0.1, 0.15) is 5.69 Å². The van der Waals surface area contributed by atoms with Crippen LogP contribution in [-0.4, -0.2) is 29.1 Å². The number of nitrogens with zero attached hydrogens (tertiary/aromatic N) is 2. The first-order valence-electron chi connectivity index (χ1n) is 11.7. The summed E-state index contributed by atoms with van der Waals surface area (Å²) in [6, 6.07) is 12.0. The van der Waals surface area contributed by atoms with E-state index in [9.17, 15) is 18.0 Å². The lowest BCUT2D eigenvalue weighted by Gasteiger charge is -2.14. The molecule has 36 heavy (non-hydrogen) atoms. The number of halogens is 3. The largest absolute Gasteiger partial charge is 0.416 e. The molecule has 2 aromatic carbocycles. The lowest BCUT2D eigenvalue weighted by Crippen LogP contribution is -2.24. The van der Waals surface area contributed by atoms with Gasteiger partial charge in [0.2, 0.25) is 0 Å². The molecule has 4 rings (SSSR count). The minimum atomic E-state index is -4.44. The first kappa shape index (κ1) is 27.0. The minimum absolute atomic E-state index is 0.121. The van der Waals surface area contributed by atoms with Crippen LogP contribution < -0.4 is 11.1 Å². The van der Waals surface area contributed by atoms with Gasteiger partial charge in [-0.25, -0.2) is 9.97 Å². The van der Waals surface area contributed by atoms with Crippen molar-refractivity contribution in [2.24, 2.45) is 5.73 Å². The fourth-order valence-corrected chi connectivity index (χ4v) is 3.64. The number of aromatic nitrogens is 2. The molecular formula is C27H29F3N4O2. The molecule has 1 amide bonds. The number of hydrogen-bond acceptors (Lipinski definition) is 5. The molecule has 3 N–H and O–H groups in total. The van der Waals surface area contributed by atoms with E-state index in [2.05, 4.69) is 15.3 Å². The number of amides is 1. The molecule has 0 spiro atoms. The Bertz CT molecular complexity index is 1210. The first-order chi connectivity index (χ1) is 17.3. The Morgan fingerprint density at radius 1 is 1.11 bits per heavy atom. The van der Waals surface area contributed by atoms with Gasteiger partial charge < -0.3 is 15.8 Å². The van der Waals surface area contributed by atoms with E-state index in [1.54, 1.807) is 36.5 Å². The van der Waals surface area contributed by atoms with Crippen molar-refractivity contribution >= 4 is 11.5 Å². The standard InChI is InChI=1S/C25H23F3N4O2.C2H6/c26-25(27,28)20-6-5-19(14-29)21(13-20)17-3-1-16(2-4-17)15-31-24(33)22-7-10-30-23(32-22)18-8-11-34-12-9-18;1-2/h1-8,10,13H,9,11-12,14-15,29H2,(H,31,33);1-2H3. The topological polar surface area (TPSA) is 90.1 Å². The Kier molecular flexibility index (Phi) is 9.32. The Balaban J connectivity index is 0.00000176. The van der Waals surface area contributed by atoms with E-state index >= 15 is 0 Å². The summed E-state index contributed by atoms with van der Waals surface area (Å²) in [6.07, 6.45) is -0.293. The van der Waals surface area contributed by atoms with Crippen LogP contribution in [0, 0.1) is 0 Å². The van der Waals surface area contributed by atoms with E-state index in [0.29, 0.717) is 42.1 Å². The van der Waals surface area contributed by atoms with Crippen molar-refractivity contribution in [3.05, 3.63) is 89.0 Å². The van der Waals surface area contributed by atoms with Crippen LogP contribution in [-0.2, 0) is 24.0 Å². The second-order valence-electron chi connectivity index (χ2n) is 7.77. The molecule has 0 saturated carbocycles. The predicted molar refractivity (Wildman–Crippen MR) is 133 cm³/mol. The van der Waals surface area contributed by atoms with Crippen molar-refractivity contribution in [3.8, 4) is 11.1 Å². The number of nitrogens with two attached hydrogens (primary N) is 1. The monoisotopic (exact) mass is 498 g/mol. The van der Waals surface area contributed by atoms with Gasteiger partial charge >= 0.3 is 6.18 Å². The lowest BCUT2D eigenvalue weighted by atomic mass is 9.96. The number of carbonyl (C=O) groups is 1. The average Bonchev–Trinajstić information content (AvgIpc) is 2.93. The Morgan fingerprint density at radius 2 is 1.86 bits per heavy atom. The van der Waals surface area contributed by atoms with Gasteiger partial charge in [0.15, 0.2) is 5.82 Å². The summed E-state index contributed by atoms with van der Waals surface area (Å²) in [6.45, 7) is 5.45. The van der Waals surface area contributed by atoms with Crippen LogP contribution in [0.15, 0.2) is 60.8 Å². The summed E-state index contributed by atoms with van der Waals surface area (Å²) in [5, 5.41) is 2.81. The number of rotatable bonds is 6. The summed E-state index contributed by atoms with van der Waals surface area (Å²) < 4.78 is 44.7. The van der Waals surface area contributed by atoms with E-state index in [4.69, 9.17) is 10.5 Å². The zero-order valence-corrected chi connectivity index (χ0v) is 20.2.